The number of nitrogens with zero attached hydrogens (tertiary/aromatic N) is 1. The van der Waals surface area contributed by atoms with Gasteiger partial charge in [0, 0.05) is 19.5 Å². The first kappa shape index (κ1) is 17.4. The number of nitrogens with one attached hydrogen (secondary N) is 2. The van der Waals surface area contributed by atoms with Crippen LogP contribution in [0.3, 0.4) is 0 Å². The third-order valence-electron chi connectivity index (χ3n) is 3.65. The van der Waals surface area contributed by atoms with Gasteiger partial charge in [0.2, 0.25) is 0 Å². The molecular formula is C18H29N3O2. The molecule has 0 bridgehead atoms. The Morgan fingerprint density at radius 1 is 1.09 bits per heavy atom. The molecule has 0 aliphatic carbocycles. The molecule has 1 aromatic carbocycles. The number of unbranched alkanes of at least 4 members (excludes halogenated alkanes) is 2. The number of hydrogen-bond acceptors (Lipinski definition) is 3. The topological polar surface area (TPSA) is 54.9 Å². The molecule has 0 saturated heterocycles. The molecule has 2 rings (SSSR count). The summed E-state index contributed by atoms with van der Waals surface area (Å²) in [7, 11) is 0. The SMILES string of the molecule is CCCCCNC(=NCc1ccc2c(c1)OCCCO2)NCC. The van der Waals surface area contributed by atoms with Crippen LogP contribution < -0.4 is 20.1 Å². The molecule has 2 N–H and O–H groups in total. The van der Waals surface area contributed by atoms with E-state index >= 15 is 0 Å². The van der Waals surface area contributed by atoms with Gasteiger partial charge in [0.25, 0.3) is 0 Å². The van der Waals surface area contributed by atoms with Crippen LogP contribution in [0.2, 0.25) is 0 Å². The summed E-state index contributed by atoms with van der Waals surface area (Å²) in [5.74, 6) is 2.53. The van der Waals surface area contributed by atoms with Crippen molar-refractivity contribution in [3.63, 3.8) is 0 Å². The smallest absolute Gasteiger partial charge is 0.191 e. The van der Waals surface area contributed by atoms with E-state index in [0.29, 0.717) is 13.2 Å². The summed E-state index contributed by atoms with van der Waals surface area (Å²) in [6.45, 7) is 8.17. The normalized spacial score (nSPS) is 14.3. The van der Waals surface area contributed by atoms with Gasteiger partial charge in [0.15, 0.2) is 17.5 Å². The van der Waals surface area contributed by atoms with Crippen LogP contribution >= 0.6 is 0 Å². The van der Waals surface area contributed by atoms with Gasteiger partial charge in [-0.3, -0.25) is 0 Å². The van der Waals surface area contributed by atoms with Crippen molar-refractivity contribution in [3.8, 4) is 11.5 Å². The zero-order valence-electron chi connectivity index (χ0n) is 14.4. The molecule has 1 aromatic rings. The van der Waals surface area contributed by atoms with E-state index in [-0.39, 0.29) is 0 Å². The first-order chi connectivity index (χ1) is 11.3. The Hall–Kier alpha value is -1.91. The van der Waals surface area contributed by atoms with E-state index in [0.717, 1.165) is 49.1 Å². The molecule has 1 heterocycles. The van der Waals surface area contributed by atoms with Crippen molar-refractivity contribution in [3.05, 3.63) is 23.8 Å². The zero-order chi connectivity index (χ0) is 16.3. The van der Waals surface area contributed by atoms with Crippen LogP contribution in [0.15, 0.2) is 23.2 Å². The lowest BCUT2D eigenvalue weighted by Gasteiger charge is -2.12. The van der Waals surface area contributed by atoms with Crippen LogP contribution in [0.1, 0.15) is 45.1 Å². The average molecular weight is 319 g/mol. The number of hydrogen-bond donors (Lipinski definition) is 2. The Kier molecular flexibility index (Phi) is 7.57. The van der Waals surface area contributed by atoms with Gasteiger partial charge in [-0.2, -0.15) is 0 Å². The fourth-order valence-corrected chi connectivity index (χ4v) is 2.40. The summed E-state index contributed by atoms with van der Waals surface area (Å²) in [5.41, 5.74) is 1.13. The van der Waals surface area contributed by atoms with E-state index in [2.05, 4.69) is 35.5 Å². The van der Waals surface area contributed by atoms with E-state index in [1.807, 2.05) is 12.1 Å². The molecule has 5 nitrogen and oxygen atoms in total. The highest BCUT2D eigenvalue weighted by Crippen LogP contribution is 2.30. The van der Waals surface area contributed by atoms with Crippen molar-refractivity contribution >= 4 is 5.96 Å². The van der Waals surface area contributed by atoms with Crippen LogP contribution in [0, 0.1) is 0 Å². The van der Waals surface area contributed by atoms with Crippen LogP contribution in [-0.4, -0.2) is 32.3 Å². The molecule has 1 aliphatic rings. The molecule has 0 unspecified atom stereocenters. The Bertz CT molecular complexity index is 503. The number of ether oxygens (including phenoxy) is 2. The van der Waals surface area contributed by atoms with E-state index < -0.39 is 0 Å². The van der Waals surface area contributed by atoms with Crippen molar-refractivity contribution in [2.75, 3.05) is 26.3 Å². The molecule has 0 radical (unpaired) electrons. The van der Waals surface area contributed by atoms with Gasteiger partial charge < -0.3 is 20.1 Å². The van der Waals surface area contributed by atoms with E-state index in [1.54, 1.807) is 0 Å². The molecule has 0 aromatic heterocycles. The number of aliphatic imine (C=N–C) groups is 1. The van der Waals surface area contributed by atoms with Crippen LogP contribution in [0.4, 0.5) is 0 Å². The second kappa shape index (κ2) is 9.98. The second-order valence-electron chi connectivity index (χ2n) is 5.66. The van der Waals surface area contributed by atoms with Gasteiger partial charge in [-0.25, -0.2) is 4.99 Å². The molecule has 1 aliphatic heterocycles. The van der Waals surface area contributed by atoms with Crippen molar-refractivity contribution in [1.82, 2.24) is 10.6 Å². The van der Waals surface area contributed by atoms with Crippen LogP contribution in [0.5, 0.6) is 11.5 Å². The first-order valence-corrected chi connectivity index (χ1v) is 8.74. The van der Waals surface area contributed by atoms with Gasteiger partial charge in [0.05, 0.1) is 19.8 Å². The molecule has 0 saturated carbocycles. The maximum absolute atomic E-state index is 5.73. The Morgan fingerprint density at radius 3 is 2.70 bits per heavy atom. The van der Waals surface area contributed by atoms with Crippen molar-refractivity contribution in [2.45, 2.75) is 46.1 Å². The molecule has 23 heavy (non-hydrogen) atoms. The number of guanidine groups is 1. The summed E-state index contributed by atoms with van der Waals surface area (Å²) in [6.07, 6.45) is 4.57. The van der Waals surface area contributed by atoms with Crippen LogP contribution in [-0.2, 0) is 6.54 Å². The van der Waals surface area contributed by atoms with Crippen molar-refractivity contribution in [1.29, 1.82) is 0 Å². The Morgan fingerprint density at radius 2 is 1.91 bits per heavy atom. The van der Waals surface area contributed by atoms with Crippen molar-refractivity contribution < 1.29 is 9.47 Å². The minimum absolute atomic E-state index is 0.625. The fraction of sp³-hybridized carbons (Fsp3) is 0.611. The largest absolute Gasteiger partial charge is 0.490 e. The lowest BCUT2D eigenvalue weighted by atomic mass is 10.2. The highest BCUT2D eigenvalue weighted by atomic mass is 16.5. The molecule has 0 atom stereocenters. The highest BCUT2D eigenvalue weighted by Gasteiger charge is 2.10. The number of rotatable bonds is 7. The summed E-state index contributed by atoms with van der Waals surface area (Å²) >= 11 is 0. The predicted octanol–water partition coefficient (Wildman–Crippen LogP) is 3.09. The molecule has 0 amide bonds. The standard InChI is InChI=1S/C18H29N3O2/c1-3-5-6-10-20-18(19-4-2)21-14-15-8-9-16-17(13-15)23-12-7-11-22-16/h8-9,13H,3-7,10-12,14H2,1-2H3,(H2,19,20,21). The molecule has 0 fully saturated rings. The third-order valence-corrected chi connectivity index (χ3v) is 3.65. The van der Waals surface area contributed by atoms with Crippen molar-refractivity contribution in [2.24, 2.45) is 4.99 Å². The van der Waals surface area contributed by atoms with E-state index in [1.165, 1.54) is 19.3 Å². The monoisotopic (exact) mass is 319 g/mol. The minimum Gasteiger partial charge on any atom is -0.490 e. The molecule has 0 spiro atoms. The summed E-state index contributed by atoms with van der Waals surface area (Å²) < 4.78 is 11.4. The summed E-state index contributed by atoms with van der Waals surface area (Å²) in [5, 5.41) is 6.67. The maximum atomic E-state index is 5.73. The number of benzene rings is 1. The maximum Gasteiger partial charge on any atom is 0.191 e. The third kappa shape index (κ3) is 6.00. The Labute approximate surface area is 139 Å². The summed E-state index contributed by atoms with van der Waals surface area (Å²) in [4.78, 5) is 4.65. The number of fused-ring (bicyclic) bond motifs is 1. The molecule has 128 valence electrons. The van der Waals surface area contributed by atoms with Crippen LogP contribution in [0.25, 0.3) is 0 Å². The van der Waals surface area contributed by atoms with Gasteiger partial charge in [-0.05, 0) is 31.0 Å². The fourth-order valence-electron chi connectivity index (χ4n) is 2.40. The van der Waals surface area contributed by atoms with Gasteiger partial charge in [0.1, 0.15) is 0 Å². The quantitative estimate of drug-likeness (QED) is 0.461. The average Bonchev–Trinajstić information content (AvgIpc) is 2.81. The van der Waals surface area contributed by atoms with Gasteiger partial charge in [-0.15, -0.1) is 0 Å². The minimum atomic E-state index is 0.625. The zero-order valence-corrected chi connectivity index (χ0v) is 14.4. The van der Waals surface area contributed by atoms with Gasteiger partial charge in [-0.1, -0.05) is 25.8 Å². The Balaban J connectivity index is 1.93. The second-order valence-corrected chi connectivity index (χ2v) is 5.66. The van der Waals surface area contributed by atoms with Gasteiger partial charge >= 0.3 is 0 Å². The first-order valence-electron chi connectivity index (χ1n) is 8.74. The lowest BCUT2D eigenvalue weighted by molar-refractivity contribution is 0.297. The molecule has 5 heteroatoms. The lowest BCUT2D eigenvalue weighted by Crippen LogP contribution is -2.37. The summed E-state index contributed by atoms with van der Waals surface area (Å²) in [6, 6.07) is 6.07. The molecular weight excluding hydrogens is 290 g/mol. The van der Waals surface area contributed by atoms with E-state index in [4.69, 9.17) is 9.47 Å². The van der Waals surface area contributed by atoms with E-state index in [9.17, 15) is 0 Å². The highest BCUT2D eigenvalue weighted by molar-refractivity contribution is 5.79. The predicted molar refractivity (Wildman–Crippen MR) is 94.4 cm³/mol.